The van der Waals surface area contributed by atoms with E-state index >= 15 is 0 Å². The summed E-state index contributed by atoms with van der Waals surface area (Å²) in [5, 5.41) is 0. The fourth-order valence-electron chi connectivity index (χ4n) is 1.79. The van der Waals surface area contributed by atoms with Crippen molar-refractivity contribution in [3.8, 4) is 0 Å². The number of nitrogens with zero attached hydrogens (tertiary/aromatic N) is 1. The Hall–Kier alpha value is 0.254. The van der Waals surface area contributed by atoms with Gasteiger partial charge in [0.25, 0.3) is 0 Å². The monoisotopic (exact) mass is 365 g/mol. The van der Waals surface area contributed by atoms with Crippen LogP contribution in [0.2, 0.25) is 39.3 Å². The zero-order valence-electron chi connectivity index (χ0n) is 16.2. The lowest BCUT2D eigenvalue weighted by molar-refractivity contribution is 0.365. The maximum atomic E-state index is 13.6. The molecule has 0 fully saturated rings. The van der Waals surface area contributed by atoms with Gasteiger partial charge in [-0.1, -0.05) is 34.1 Å². The van der Waals surface area contributed by atoms with Crippen molar-refractivity contribution in [2.75, 3.05) is 0 Å². The van der Waals surface area contributed by atoms with Crippen molar-refractivity contribution in [1.82, 2.24) is 0 Å². The molecule has 0 amide bonds. The molecule has 0 aliphatic rings. The lowest BCUT2D eigenvalue weighted by Crippen LogP contribution is -2.33. The Morgan fingerprint density at radius 2 is 1.45 bits per heavy atom. The van der Waals surface area contributed by atoms with Gasteiger partial charge in [0.2, 0.25) is 0 Å². The highest BCUT2D eigenvalue weighted by Crippen LogP contribution is 2.58. The van der Waals surface area contributed by atoms with Crippen LogP contribution in [0.4, 0.5) is 0 Å². The van der Waals surface area contributed by atoms with Crippen LogP contribution in [0.25, 0.3) is 0 Å². The van der Waals surface area contributed by atoms with Crippen molar-refractivity contribution in [2.24, 2.45) is 10.4 Å². The fourth-order valence-corrected chi connectivity index (χ4v) is 10.2. The second-order valence-electron chi connectivity index (χ2n) is 8.86. The maximum Gasteiger partial charge on any atom is 0.335 e. The molecular weight excluding hydrogens is 329 g/mol. The largest absolute Gasteiger partial charge is 0.350 e. The SMILES string of the molecule is CCCC(N=CC(C)(C)C)P(=O)(O[Si](C)(C)C)O[Si](C)(C)C. The van der Waals surface area contributed by atoms with Crippen molar-refractivity contribution in [2.45, 2.75) is 85.6 Å². The van der Waals surface area contributed by atoms with Gasteiger partial charge in [0.1, 0.15) is 5.78 Å². The molecule has 0 bridgehead atoms. The number of aliphatic imine (C=N–C) groups is 1. The van der Waals surface area contributed by atoms with Crippen LogP contribution in [0, 0.1) is 5.41 Å². The Morgan fingerprint density at radius 1 is 1.05 bits per heavy atom. The molecule has 0 spiro atoms. The van der Waals surface area contributed by atoms with Crippen LogP contribution in [0.1, 0.15) is 40.5 Å². The van der Waals surface area contributed by atoms with Gasteiger partial charge in [-0.2, -0.15) is 0 Å². The molecule has 4 nitrogen and oxygen atoms in total. The molecule has 1 atom stereocenters. The van der Waals surface area contributed by atoms with Crippen LogP contribution in [0.5, 0.6) is 0 Å². The fraction of sp³-hybridized carbons (Fsp3) is 0.933. The van der Waals surface area contributed by atoms with Gasteiger partial charge in [-0.15, -0.1) is 0 Å². The summed E-state index contributed by atoms with van der Waals surface area (Å²) in [5.41, 5.74) is -0.0465. The van der Waals surface area contributed by atoms with Gasteiger partial charge < -0.3 is 8.43 Å². The zero-order chi connectivity index (χ0) is 17.8. The van der Waals surface area contributed by atoms with Crippen molar-refractivity contribution in [1.29, 1.82) is 0 Å². The van der Waals surface area contributed by atoms with Crippen molar-refractivity contribution in [3.05, 3.63) is 0 Å². The minimum absolute atomic E-state index is 0.0465. The topological polar surface area (TPSA) is 47.9 Å². The first kappa shape index (κ1) is 22.3. The van der Waals surface area contributed by atoms with Crippen LogP contribution in [-0.2, 0) is 13.0 Å². The molecule has 22 heavy (non-hydrogen) atoms. The molecule has 1 unspecified atom stereocenters. The average molecular weight is 366 g/mol. The molecule has 0 aromatic carbocycles. The van der Waals surface area contributed by atoms with E-state index in [4.69, 9.17) is 8.43 Å². The summed E-state index contributed by atoms with van der Waals surface area (Å²) in [5.74, 6) is -0.393. The molecule has 0 radical (unpaired) electrons. The lowest BCUT2D eigenvalue weighted by atomic mass is 9.99. The molecule has 7 heteroatoms. The van der Waals surface area contributed by atoms with Gasteiger partial charge in [-0.05, 0) is 51.1 Å². The van der Waals surface area contributed by atoms with Crippen LogP contribution < -0.4 is 0 Å². The predicted octanol–water partition coefficient (Wildman–Crippen LogP) is 6.13. The number of rotatable bonds is 8. The summed E-state index contributed by atoms with van der Waals surface area (Å²) in [6.07, 6.45) is 3.51. The maximum absolute atomic E-state index is 13.6. The standard InChI is InChI=1S/C15H36NO3PSi2/c1-11-12-14(16-13-15(2,3)4)20(17,18-21(5,6)7)19-22(8,9)10/h13-14H,11-12H2,1-10H3. The molecule has 132 valence electrons. The Morgan fingerprint density at radius 3 is 1.73 bits per heavy atom. The summed E-state index contributed by atoms with van der Waals surface area (Å²) in [4.78, 5) is 4.63. The lowest BCUT2D eigenvalue weighted by Gasteiger charge is -2.34. The van der Waals surface area contributed by atoms with E-state index in [1.807, 2.05) is 45.5 Å². The van der Waals surface area contributed by atoms with Gasteiger partial charge >= 0.3 is 7.60 Å². The summed E-state index contributed by atoms with van der Waals surface area (Å²) in [6.45, 7) is 20.6. The van der Waals surface area contributed by atoms with E-state index in [-0.39, 0.29) is 5.41 Å². The van der Waals surface area contributed by atoms with E-state index < -0.39 is 30.0 Å². The second-order valence-corrected chi connectivity index (χ2v) is 20.4. The average Bonchev–Trinajstić information content (AvgIpc) is 2.16. The molecule has 0 aliphatic heterocycles. The predicted molar refractivity (Wildman–Crippen MR) is 103 cm³/mol. The quantitative estimate of drug-likeness (QED) is 0.295. The molecule has 0 N–H and O–H groups in total. The zero-order valence-corrected chi connectivity index (χ0v) is 19.1. The Kier molecular flexibility index (Phi) is 7.98. The highest BCUT2D eigenvalue weighted by molar-refractivity contribution is 7.57. The summed E-state index contributed by atoms with van der Waals surface area (Å²) in [6, 6.07) is 0. The third-order valence-corrected chi connectivity index (χ3v) is 9.89. The van der Waals surface area contributed by atoms with Crippen molar-refractivity contribution in [3.63, 3.8) is 0 Å². The van der Waals surface area contributed by atoms with Crippen LogP contribution in [0.15, 0.2) is 4.99 Å². The van der Waals surface area contributed by atoms with Crippen LogP contribution >= 0.6 is 7.60 Å². The Bertz CT molecular complexity index is 400. The molecule has 0 saturated heterocycles. The second kappa shape index (κ2) is 7.88. The first-order valence-corrected chi connectivity index (χ1v) is 16.6. The van der Waals surface area contributed by atoms with Crippen molar-refractivity contribution >= 4 is 30.4 Å². The number of hydrogen-bond donors (Lipinski definition) is 0. The molecule has 0 aromatic rings. The van der Waals surface area contributed by atoms with Gasteiger partial charge in [-0.25, -0.2) is 0 Å². The molecule has 0 heterocycles. The molecular formula is C15H36NO3PSi2. The minimum atomic E-state index is -3.25. The third kappa shape index (κ3) is 10.1. The molecule has 0 aromatic heterocycles. The Labute approximate surface area is 139 Å². The van der Waals surface area contributed by atoms with Gasteiger partial charge in [0.05, 0.1) is 0 Å². The van der Waals surface area contributed by atoms with E-state index in [1.54, 1.807) is 0 Å². The molecule has 0 aliphatic carbocycles. The summed E-state index contributed by atoms with van der Waals surface area (Å²) >= 11 is 0. The number of hydrogen-bond acceptors (Lipinski definition) is 4. The normalized spacial score (nSPS) is 16.3. The first-order chi connectivity index (χ1) is 9.58. The van der Waals surface area contributed by atoms with Crippen molar-refractivity contribution < 1.29 is 13.0 Å². The summed E-state index contributed by atoms with van der Waals surface area (Å²) in [7, 11) is -7.25. The first-order valence-electron chi connectivity index (χ1n) is 8.13. The van der Waals surface area contributed by atoms with E-state index in [2.05, 4.69) is 32.7 Å². The van der Waals surface area contributed by atoms with Crippen LogP contribution in [-0.4, -0.2) is 28.6 Å². The van der Waals surface area contributed by atoms with E-state index in [0.717, 1.165) is 12.8 Å². The highest BCUT2D eigenvalue weighted by atomic mass is 31.2. The smallest absolute Gasteiger partial charge is 0.335 e. The third-order valence-electron chi connectivity index (χ3n) is 2.35. The minimum Gasteiger partial charge on any atom is -0.350 e. The molecule has 0 rings (SSSR count). The van der Waals surface area contributed by atoms with E-state index in [1.165, 1.54) is 0 Å². The highest BCUT2D eigenvalue weighted by Gasteiger charge is 2.42. The molecule has 0 saturated carbocycles. The van der Waals surface area contributed by atoms with Gasteiger partial charge in [-0.3, -0.25) is 9.56 Å². The van der Waals surface area contributed by atoms with E-state index in [0.29, 0.717) is 0 Å². The Balaban J connectivity index is 5.65. The van der Waals surface area contributed by atoms with Gasteiger partial charge in [0, 0.05) is 6.21 Å². The summed E-state index contributed by atoms with van der Waals surface area (Å²) < 4.78 is 25.7. The van der Waals surface area contributed by atoms with Gasteiger partial charge in [0.15, 0.2) is 16.6 Å². The van der Waals surface area contributed by atoms with E-state index in [9.17, 15) is 4.57 Å². The van der Waals surface area contributed by atoms with Crippen LogP contribution in [0.3, 0.4) is 0 Å².